The molecule has 0 aliphatic heterocycles. The van der Waals surface area contributed by atoms with Crippen LogP contribution in [0.3, 0.4) is 0 Å². The summed E-state index contributed by atoms with van der Waals surface area (Å²) < 4.78 is 4.92. The van der Waals surface area contributed by atoms with Crippen molar-refractivity contribution in [3.63, 3.8) is 0 Å². The molecule has 0 heterocycles. The molecule has 0 saturated heterocycles. The lowest BCUT2D eigenvalue weighted by Crippen LogP contribution is -2.06. The minimum Gasteiger partial charge on any atom is -0.466 e. The lowest BCUT2D eigenvalue weighted by molar-refractivity contribution is -0.143. The largest absolute Gasteiger partial charge is 0.466 e. The molecule has 0 radical (unpaired) electrons. The number of carbonyl (C=O) groups excluding carboxylic acids is 1. The highest BCUT2D eigenvalue weighted by Crippen LogP contribution is 2.35. The van der Waals surface area contributed by atoms with E-state index in [1.807, 2.05) is 6.92 Å². The van der Waals surface area contributed by atoms with Crippen molar-refractivity contribution < 1.29 is 9.53 Å². The molecule has 0 aromatic heterocycles. The predicted molar refractivity (Wildman–Crippen MR) is 57.0 cm³/mol. The third-order valence-electron chi connectivity index (χ3n) is 3.29. The van der Waals surface area contributed by atoms with Gasteiger partial charge in [0.15, 0.2) is 0 Å². The molecule has 0 aromatic rings. The number of hydrogen-bond acceptors (Lipinski definition) is 2. The van der Waals surface area contributed by atoms with Gasteiger partial charge in [0.25, 0.3) is 0 Å². The highest BCUT2D eigenvalue weighted by Gasteiger charge is 2.23. The van der Waals surface area contributed by atoms with Gasteiger partial charge in [-0.3, -0.25) is 4.79 Å². The van der Waals surface area contributed by atoms with Gasteiger partial charge >= 0.3 is 5.97 Å². The van der Waals surface area contributed by atoms with E-state index in [1.165, 1.54) is 25.7 Å². The minimum absolute atomic E-state index is 0.0209. The Morgan fingerprint density at radius 3 is 2.57 bits per heavy atom. The van der Waals surface area contributed by atoms with Crippen molar-refractivity contribution >= 4 is 5.97 Å². The highest BCUT2D eigenvalue weighted by atomic mass is 16.5. The van der Waals surface area contributed by atoms with Gasteiger partial charge in [-0.05, 0) is 31.6 Å². The van der Waals surface area contributed by atoms with Crippen LogP contribution in [0.15, 0.2) is 0 Å². The summed E-state index contributed by atoms with van der Waals surface area (Å²) in [7, 11) is 0. The van der Waals surface area contributed by atoms with Crippen molar-refractivity contribution in [1.82, 2.24) is 0 Å². The first kappa shape index (κ1) is 11.5. The van der Waals surface area contributed by atoms with Crippen LogP contribution in [0.25, 0.3) is 0 Å². The van der Waals surface area contributed by atoms with Crippen molar-refractivity contribution in [2.45, 2.75) is 52.4 Å². The summed E-state index contributed by atoms with van der Waals surface area (Å²) in [5.41, 5.74) is 0. The lowest BCUT2D eigenvalue weighted by Gasteiger charge is -2.09. The van der Waals surface area contributed by atoms with Gasteiger partial charge in [0.1, 0.15) is 0 Å². The quantitative estimate of drug-likeness (QED) is 0.634. The Hall–Kier alpha value is -0.530. The van der Waals surface area contributed by atoms with Crippen molar-refractivity contribution in [3.05, 3.63) is 0 Å². The molecule has 0 spiro atoms. The van der Waals surface area contributed by atoms with Gasteiger partial charge in [-0.25, -0.2) is 0 Å². The SMILES string of the molecule is CCOC(=O)CCC1CCC(CC)C1. The van der Waals surface area contributed by atoms with E-state index in [1.54, 1.807) is 0 Å². The van der Waals surface area contributed by atoms with E-state index >= 15 is 0 Å². The van der Waals surface area contributed by atoms with Crippen molar-refractivity contribution in [2.24, 2.45) is 11.8 Å². The van der Waals surface area contributed by atoms with Crippen LogP contribution >= 0.6 is 0 Å². The average Bonchev–Trinajstić information content (AvgIpc) is 2.63. The smallest absolute Gasteiger partial charge is 0.305 e. The maximum Gasteiger partial charge on any atom is 0.305 e. The zero-order valence-electron chi connectivity index (χ0n) is 9.42. The summed E-state index contributed by atoms with van der Waals surface area (Å²) in [6.07, 6.45) is 6.97. The number of rotatable bonds is 5. The topological polar surface area (TPSA) is 26.3 Å². The number of hydrogen-bond donors (Lipinski definition) is 0. The second kappa shape index (κ2) is 6.05. The second-order valence-corrected chi connectivity index (χ2v) is 4.30. The fourth-order valence-corrected chi connectivity index (χ4v) is 2.37. The normalized spacial score (nSPS) is 26.4. The van der Waals surface area contributed by atoms with Gasteiger partial charge in [0.2, 0.25) is 0 Å². The molecule has 1 saturated carbocycles. The summed E-state index contributed by atoms with van der Waals surface area (Å²) in [5.74, 6) is 1.68. The van der Waals surface area contributed by atoms with Crippen molar-refractivity contribution in [2.75, 3.05) is 6.61 Å². The number of esters is 1. The Bertz CT molecular complexity index is 177. The van der Waals surface area contributed by atoms with Crippen LogP contribution in [0.5, 0.6) is 0 Å². The summed E-state index contributed by atoms with van der Waals surface area (Å²) in [4.78, 5) is 11.1. The fraction of sp³-hybridized carbons (Fsp3) is 0.917. The van der Waals surface area contributed by atoms with Crippen LogP contribution in [-0.4, -0.2) is 12.6 Å². The van der Waals surface area contributed by atoms with Gasteiger partial charge in [-0.15, -0.1) is 0 Å². The zero-order valence-corrected chi connectivity index (χ0v) is 9.42. The molecule has 1 rings (SSSR count). The third kappa shape index (κ3) is 3.69. The summed E-state index contributed by atoms with van der Waals surface area (Å²) in [5, 5.41) is 0. The first-order valence-corrected chi connectivity index (χ1v) is 5.91. The average molecular weight is 198 g/mol. The van der Waals surface area contributed by atoms with Crippen LogP contribution < -0.4 is 0 Å². The van der Waals surface area contributed by atoms with Gasteiger partial charge in [0, 0.05) is 6.42 Å². The van der Waals surface area contributed by atoms with E-state index in [2.05, 4.69) is 6.92 Å². The van der Waals surface area contributed by atoms with E-state index in [4.69, 9.17) is 4.74 Å². The Morgan fingerprint density at radius 1 is 1.29 bits per heavy atom. The molecule has 0 amide bonds. The summed E-state index contributed by atoms with van der Waals surface area (Å²) >= 11 is 0. The van der Waals surface area contributed by atoms with Gasteiger partial charge in [-0.2, -0.15) is 0 Å². The summed E-state index contributed by atoms with van der Waals surface area (Å²) in [6.45, 7) is 4.64. The van der Waals surface area contributed by atoms with Crippen LogP contribution in [-0.2, 0) is 9.53 Å². The molecule has 2 atom stereocenters. The first-order valence-electron chi connectivity index (χ1n) is 5.91. The van der Waals surface area contributed by atoms with Crippen molar-refractivity contribution in [1.29, 1.82) is 0 Å². The van der Waals surface area contributed by atoms with E-state index in [-0.39, 0.29) is 5.97 Å². The predicted octanol–water partition coefficient (Wildman–Crippen LogP) is 3.16. The molecule has 0 aromatic carbocycles. The summed E-state index contributed by atoms with van der Waals surface area (Å²) in [6, 6.07) is 0. The lowest BCUT2D eigenvalue weighted by atomic mass is 9.99. The minimum atomic E-state index is -0.0209. The van der Waals surface area contributed by atoms with Crippen LogP contribution in [0.2, 0.25) is 0 Å². The van der Waals surface area contributed by atoms with Crippen LogP contribution in [0, 0.1) is 11.8 Å². The molecular formula is C12H22O2. The Morgan fingerprint density at radius 2 is 2.00 bits per heavy atom. The molecule has 2 nitrogen and oxygen atoms in total. The number of carbonyl (C=O) groups is 1. The van der Waals surface area contributed by atoms with Crippen LogP contribution in [0.1, 0.15) is 52.4 Å². The molecule has 14 heavy (non-hydrogen) atoms. The molecule has 2 heteroatoms. The maximum atomic E-state index is 11.1. The zero-order chi connectivity index (χ0) is 10.4. The van der Waals surface area contributed by atoms with Crippen LogP contribution in [0.4, 0.5) is 0 Å². The Kier molecular flexibility index (Phi) is 4.99. The van der Waals surface area contributed by atoms with Crippen molar-refractivity contribution in [3.8, 4) is 0 Å². The highest BCUT2D eigenvalue weighted by molar-refractivity contribution is 5.69. The van der Waals surface area contributed by atoms with Gasteiger partial charge in [-0.1, -0.05) is 26.2 Å². The van der Waals surface area contributed by atoms with E-state index < -0.39 is 0 Å². The molecule has 0 N–H and O–H groups in total. The fourth-order valence-electron chi connectivity index (χ4n) is 2.37. The molecule has 2 unspecified atom stereocenters. The Balaban J connectivity index is 2.11. The molecule has 1 aliphatic carbocycles. The Labute approximate surface area is 87.0 Å². The number of ether oxygens (including phenoxy) is 1. The second-order valence-electron chi connectivity index (χ2n) is 4.30. The van der Waals surface area contributed by atoms with Gasteiger partial charge in [0.05, 0.1) is 6.61 Å². The molecule has 82 valence electrons. The molecule has 0 bridgehead atoms. The van der Waals surface area contributed by atoms with E-state index in [0.717, 1.165) is 18.3 Å². The monoisotopic (exact) mass is 198 g/mol. The molecular weight excluding hydrogens is 176 g/mol. The molecule has 1 fully saturated rings. The standard InChI is InChI=1S/C12H22O2/c1-3-10-5-6-11(9-10)7-8-12(13)14-4-2/h10-11H,3-9H2,1-2H3. The first-order chi connectivity index (χ1) is 6.76. The van der Waals surface area contributed by atoms with Gasteiger partial charge < -0.3 is 4.74 Å². The maximum absolute atomic E-state index is 11.1. The molecule has 1 aliphatic rings. The third-order valence-corrected chi connectivity index (χ3v) is 3.29. The van der Waals surface area contributed by atoms with E-state index in [0.29, 0.717) is 13.0 Å². The van der Waals surface area contributed by atoms with E-state index in [9.17, 15) is 4.79 Å².